The Kier molecular flexibility index (Phi) is 2.51. The van der Waals surface area contributed by atoms with Crippen molar-refractivity contribution in [3.63, 3.8) is 0 Å². The normalized spacial score (nSPS) is 21.9. The summed E-state index contributed by atoms with van der Waals surface area (Å²) in [5, 5.41) is 7.74. The fourth-order valence-corrected chi connectivity index (χ4v) is 3.11. The molecule has 2 aromatic heterocycles. The molecule has 2 saturated carbocycles. The summed E-state index contributed by atoms with van der Waals surface area (Å²) in [6.07, 6.45) is 8.48. The van der Waals surface area contributed by atoms with Crippen LogP contribution in [-0.2, 0) is 4.79 Å². The Morgan fingerprint density at radius 2 is 2.05 bits per heavy atom. The van der Waals surface area contributed by atoms with Crippen molar-refractivity contribution in [1.29, 1.82) is 0 Å². The fraction of sp³-hybridized carbons (Fsp3) is 0.562. The van der Waals surface area contributed by atoms with E-state index in [4.69, 9.17) is 0 Å². The Hall–Kier alpha value is -2.11. The minimum absolute atomic E-state index is 0.105. The van der Waals surface area contributed by atoms with Crippen molar-refractivity contribution in [1.82, 2.24) is 19.9 Å². The number of rotatable bonds is 4. The monoisotopic (exact) mass is 297 g/mol. The molecular formula is C16H19N5O. The van der Waals surface area contributed by atoms with Crippen LogP contribution in [0.15, 0.2) is 18.5 Å². The molecule has 2 aliphatic carbocycles. The van der Waals surface area contributed by atoms with E-state index in [-0.39, 0.29) is 11.8 Å². The zero-order valence-corrected chi connectivity index (χ0v) is 12.4. The molecule has 22 heavy (non-hydrogen) atoms. The van der Waals surface area contributed by atoms with Crippen molar-refractivity contribution in [3.05, 3.63) is 24.2 Å². The number of nitrogens with one attached hydrogen (secondary N) is 1. The molecule has 114 valence electrons. The number of fused-ring (bicyclic) bond motifs is 1. The number of hydrogen-bond donors (Lipinski definition) is 1. The van der Waals surface area contributed by atoms with Crippen LogP contribution in [0.25, 0.3) is 5.52 Å². The number of nitrogens with zero attached hydrogens (tertiary/aromatic N) is 4. The minimum Gasteiger partial charge on any atom is -0.353 e. The third-order valence-electron chi connectivity index (χ3n) is 4.86. The molecule has 2 aromatic rings. The largest absolute Gasteiger partial charge is 0.353 e. The highest BCUT2D eigenvalue weighted by Crippen LogP contribution is 2.40. The molecule has 6 nitrogen and oxygen atoms in total. The maximum absolute atomic E-state index is 12.0. The molecule has 0 spiro atoms. The molecule has 1 amide bonds. The highest BCUT2D eigenvalue weighted by molar-refractivity contribution is 5.83. The summed E-state index contributed by atoms with van der Waals surface area (Å²) in [5.74, 6) is 1.91. The molecule has 0 radical (unpaired) electrons. The predicted octanol–water partition coefficient (Wildman–Crippen LogP) is 1.32. The van der Waals surface area contributed by atoms with Crippen LogP contribution >= 0.6 is 0 Å². The number of aromatic nitrogens is 3. The third-order valence-corrected chi connectivity index (χ3v) is 4.86. The average Bonchev–Trinajstić information content (AvgIpc) is 3.37. The van der Waals surface area contributed by atoms with Crippen molar-refractivity contribution >= 4 is 17.2 Å². The summed E-state index contributed by atoms with van der Waals surface area (Å²) in [6.45, 7) is 1.52. The SMILES string of the molecule is O=C(NC1CC1)C1CN(c2nccn3nc(C4CC4)cc23)C1. The fourth-order valence-electron chi connectivity index (χ4n) is 3.11. The predicted molar refractivity (Wildman–Crippen MR) is 81.8 cm³/mol. The summed E-state index contributed by atoms with van der Waals surface area (Å²) in [7, 11) is 0. The van der Waals surface area contributed by atoms with Crippen LogP contribution in [0.4, 0.5) is 5.82 Å². The second-order valence-electron chi connectivity index (χ2n) is 6.81. The first-order chi connectivity index (χ1) is 10.8. The molecule has 0 bridgehead atoms. The van der Waals surface area contributed by atoms with Gasteiger partial charge in [0.2, 0.25) is 5.91 Å². The lowest BCUT2D eigenvalue weighted by Gasteiger charge is -2.39. The van der Waals surface area contributed by atoms with Crippen molar-refractivity contribution in [3.8, 4) is 0 Å². The van der Waals surface area contributed by atoms with Gasteiger partial charge in [-0.15, -0.1) is 0 Å². The minimum atomic E-state index is 0.105. The first-order valence-corrected chi connectivity index (χ1v) is 8.17. The van der Waals surface area contributed by atoms with Gasteiger partial charge in [-0.2, -0.15) is 5.10 Å². The van der Waals surface area contributed by atoms with E-state index in [2.05, 4.69) is 26.4 Å². The lowest BCUT2D eigenvalue weighted by molar-refractivity contribution is -0.125. The van der Waals surface area contributed by atoms with E-state index in [0.29, 0.717) is 12.0 Å². The van der Waals surface area contributed by atoms with Crippen molar-refractivity contribution in [2.45, 2.75) is 37.6 Å². The second-order valence-corrected chi connectivity index (χ2v) is 6.81. The summed E-state index contributed by atoms with van der Waals surface area (Å²) < 4.78 is 1.92. The van der Waals surface area contributed by atoms with E-state index in [1.54, 1.807) is 6.20 Å². The Morgan fingerprint density at radius 1 is 1.23 bits per heavy atom. The molecule has 0 aromatic carbocycles. The molecule has 1 aliphatic heterocycles. The first-order valence-electron chi connectivity index (χ1n) is 8.17. The van der Waals surface area contributed by atoms with E-state index in [1.807, 2.05) is 10.7 Å². The molecule has 3 heterocycles. The van der Waals surface area contributed by atoms with Gasteiger partial charge >= 0.3 is 0 Å². The topological polar surface area (TPSA) is 62.5 Å². The van der Waals surface area contributed by atoms with Gasteiger partial charge < -0.3 is 10.2 Å². The van der Waals surface area contributed by atoms with E-state index >= 15 is 0 Å². The molecule has 6 heteroatoms. The van der Waals surface area contributed by atoms with E-state index in [1.165, 1.54) is 18.5 Å². The van der Waals surface area contributed by atoms with Gasteiger partial charge in [0, 0.05) is 37.4 Å². The van der Waals surface area contributed by atoms with Crippen LogP contribution in [0, 0.1) is 5.92 Å². The smallest absolute Gasteiger partial charge is 0.226 e. The van der Waals surface area contributed by atoms with Gasteiger partial charge in [0.25, 0.3) is 0 Å². The molecule has 1 N–H and O–H groups in total. The molecule has 0 unspecified atom stereocenters. The van der Waals surface area contributed by atoms with Crippen molar-refractivity contribution in [2.24, 2.45) is 5.92 Å². The highest BCUT2D eigenvalue weighted by atomic mass is 16.2. The molecule has 0 atom stereocenters. The summed E-state index contributed by atoms with van der Waals surface area (Å²) in [4.78, 5) is 18.7. The van der Waals surface area contributed by atoms with Gasteiger partial charge in [-0.1, -0.05) is 0 Å². The number of carbonyl (C=O) groups is 1. The Morgan fingerprint density at radius 3 is 2.77 bits per heavy atom. The summed E-state index contributed by atoms with van der Waals surface area (Å²) in [6, 6.07) is 2.61. The van der Waals surface area contributed by atoms with Gasteiger partial charge in [-0.25, -0.2) is 9.50 Å². The highest BCUT2D eigenvalue weighted by Gasteiger charge is 2.37. The zero-order valence-electron chi connectivity index (χ0n) is 12.4. The van der Waals surface area contributed by atoms with Gasteiger partial charge in [0.05, 0.1) is 11.6 Å². The van der Waals surface area contributed by atoms with Gasteiger partial charge in [0.1, 0.15) is 5.52 Å². The van der Waals surface area contributed by atoms with Crippen LogP contribution in [0.1, 0.15) is 37.3 Å². The van der Waals surface area contributed by atoms with Gasteiger partial charge in [0.15, 0.2) is 5.82 Å². The summed E-state index contributed by atoms with van der Waals surface area (Å²) in [5.41, 5.74) is 2.24. The maximum atomic E-state index is 12.0. The lowest BCUT2D eigenvalue weighted by Crippen LogP contribution is -2.54. The lowest BCUT2D eigenvalue weighted by atomic mass is 9.99. The second kappa shape index (κ2) is 4.44. The van der Waals surface area contributed by atoms with Gasteiger partial charge in [-0.05, 0) is 31.7 Å². The first kappa shape index (κ1) is 12.4. The molecular weight excluding hydrogens is 278 g/mol. The van der Waals surface area contributed by atoms with Crippen LogP contribution in [0.3, 0.4) is 0 Å². The van der Waals surface area contributed by atoms with Crippen LogP contribution in [0.5, 0.6) is 0 Å². The van der Waals surface area contributed by atoms with E-state index in [9.17, 15) is 4.79 Å². The number of hydrogen-bond acceptors (Lipinski definition) is 4. The zero-order chi connectivity index (χ0) is 14.7. The van der Waals surface area contributed by atoms with Crippen molar-refractivity contribution < 1.29 is 4.79 Å². The Labute approximate surface area is 128 Å². The standard InChI is InChI=1S/C16H19N5O/c22-16(18-12-3-4-12)11-8-20(9-11)15-14-7-13(10-1-2-10)19-21(14)6-5-17-15/h5-7,10-12H,1-4,8-9H2,(H,18,22). The molecule has 3 fully saturated rings. The van der Waals surface area contributed by atoms with Gasteiger partial charge in [-0.3, -0.25) is 4.79 Å². The van der Waals surface area contributed by atoms with E-state index in [0.717, 1.165) is 37.3 Å². The number of amides is 1. The van der Waals surface area contributed by atoms with Crippen molar-refractivity contribution in [2.75, 3.05) is 18.0 Å². The maximum Gasteiger partial charge on any atom is 0.226 e. The number of anilines is 1. The molecule has 1 saturated heterocycles. The molecule has 3 aliphatic rings. The van der Waals surface area contributed by atoms with Crippen LogP contribution in [-0.4, -0.2) is 39.6 Å². The third kappa shape index (κ3) is 2.05. The summed E-state index contributed by atoms with van der Waals surface area (Å²) >= 11 is 0. The van der Waals surface area contributed by atoms with Crippen LogP contribution in [0.2, 0.25) is 0 Å². The van der Waals surface area contributed by atoms with E-state index < -0.39 is 0 Å². The average molecular weight is 297 g/mol. The Bertz CT molecular complexity index is 740. The number of carbonyl (C=O) groups excluding carboxylic acids is 1. The Balaban J connectivity index is 1.35. The quantitative estimate of drug-likeness (QED) is 0.924. The van der Waals surface area contributed by atoms with Crippen LogP contribution < -0.4 is 10.2 Å². The molecule has 5 rings (SSSR count).